The van der Waals surface area contributed by atoms with Gasteiger partial charge in [0.2, 0.25) is 0 Å². The van der Waals surface area contributed by atoms with E-state index in [0.29, 0.717) is 5.82 Å². The molecule has 11 aromatic rings. The van der Waals surface area contributed by atoms with Crippen molar-refractivity contribution in [3.05, 3.63) is 164 Å². The molecule has 0 bridgehead atoms. The highest BCUT2D eigenvalue weighted by atomic mass is 16.3. The molecule has 0 N–H and O–H groups in total. The summed E-state index contributed by atoms with van der Waals surface area (Å²) in [4.78, 5) is 10.5. The minimum atomic E-state index is 0.601. The van der Waals surface area contributed by atoms with E-state index >= 15 is 0 Å². The monoisotopic (exact) mass is 653 g/mol. The van der Waals surface area contributed by atoms with Crippen LogP contribution in [0.25, 0.3) is 105 Å². The topological polar surface area (TPSA) is 57.0 Å². The van der Waals surface area contributed by atoms with E-state index in [1.807, 2.05) is 48.5 Å². The number of rotatable bonds is 4. The zero-order chi connectivity index (χ0) is 33.5. The molecule has 0 fully saturated rings. The number of hydrogen-bond donors (Lipinski definition) is 0. The molecule has 0 aliphatic heterocycles. The maximum Gasteiger partial charge on any atom is 0.164 e. The van der Waals surface area contributed by atoms with Crippen molar-refractivity contribution >= 4 is 65.7 Å². The van der Waals surface area contributed by atoms with E-state index in [0.717, 1.165) is 99.4 Å². The zero-order valence-electron chi connectivity index (χ0n) is 27.2. The second kappa shape index (κ2) is 10.8. The molecule has 0 amide bonds. The molecule has 7 aromatic carbocycles. The number of fused-ring (bicyclic) bond motifs is 10. The number of nitrogens with zero attached hydrogens (tertiary/aromatic N) is 3. The van der Waals surface area contributed by atoms with Crippen LogP contribution in [0, 0.1) is 0 Å². The molecule has 0 radical (unpaired) electrons. The third-order valence-electron chi connectivity index (χ3n) is 10.0. The highest BCUT2D eigenvalue weighted by molar-refractivity contribution is 6.24. The number of furan rings is 2. The lowest BCUT2D eigenvalue weighted by Gasteiger charge is -2.10. The van der Waals surface area contributed by atoms with E-state index in [1.54, 1.807) is 0 Å². The lowest BCUT2D eigenvalue weighted by atomic mass is 10.0. The summed E-state index contributed by atoms with van der Waals surface area (Å²) in [6.45, 7) is 0. The first kappa shape index (κ1) is 27.9. The van der Waals surface area contributed by atoms with Crippen molar-refractivity contribution in [1.82, 2.24) is 14.5 Å². The van der Waals surface area contributed by atoms with Gasteiger partial charge in [-0.2, -0.15) is 0 Å². The minimum Gasteiger partial charge on any atom is -0.456 e. The molecule has 238 valence electrons. The van der Waals surface area contributed by atoms with Gasteiger partial charge in [-0.25, -0.2) is 9.97 Å². The molecule has 5 heteroatoms. The van der Waals surface area contributed by atoms with E-state index in [4.69, 9.17) is 18.8 Å². The first-order chi connectivity index (χ1) is 25.3. The van der Waals surface area contributed by atoms with Crippen molar-refractivity contribution in [1.29, 1.82) is 0 Å². The Bertz CT molecular complexity index is 3130. The number of para-hydroxylation sites is 4. The van der Waals surface area contributed by atoms with Crippen LogP contribution in [0.15, 0.2) is 173 Å². The fourth-order valence-corrected chi connectivity index (χ4v) is 7.79. The van der Waals surface area contributed by atoms with Crippen LogP contribution in [-0.4, -0.2) is 14.5 Å². The average Bonchev–Trinajstić information content (AvgIpc) is 3.88. The maximum atomic E-state index is 7.01. The van der Waals surface area contributed by atoms with E-state index in [2.05, 4.69) is 120 Å². The van der Waals surface area contributed by atoms with Gasteiger partial charge in [0.15, 0.2) is 5.82 Å². The highest BCUT2D eigenvalue weighted by Gasteiger charge is 2.22. The molecular formula is C46H27N3O2. The van der Waals surface area contributed by atoms with Crippen LogP contribution in [0.3, 0.4) is 0 Å². The third-order valence-corrected chi connectivity index (χ3v) is 10.0. The first-order valence-electron chi connectivity index (χ1n) is 17.1. The summed E-state index contributed by atoms with van der Waals surface area (Å²) in [5, 5.41) is 6.42. The molecule has 5 nitrogen and oxygen atoms in total. The van der Waals surface area contributed by atoms with Gasteiger partial charge < -0.3 is 13.4 Å². The third kappa shape index (κ3) is 4.15. The Labute approximate surface area is 291 Å². The summed E-state index contributed by atoms with van der Waals surface area (Å²) >= 11 is 0. The van der Waals surface area contributed by atoms with Gasteiger partial charge in [0.1, 0.15) is 22.3 Å². The molecule has 0 spiro atoms. The van der Waals surface area contributed by atoms with Gasteiger partial charge in [0.05, 0.1) is 33.4 Å². The smallest absolute Gasteiger partial charge is 0.164 e. The molecule has 0 aliphatic carbocycles. The second-order valence-electron chi connectivity index (χ2n) is 12.9. The molecule has 4 heterocycles. The number of benzene rings is 7. The van der Waals surface area contributed by atoms with Crippen molar-refractivity contribution in [2.24, 2.45) is 0 Å². The summed E-state index contributed by atoms with van der Waals surface area (Å²) < 4.78 is 15.6. The quantitative estimate of drug-likeness (QED) is 0.190. The molecule has 4 aromatic heterocycles. The Morgan fingerprint density at radius 3 is 1.96 bits per heavy atom. The molecule has 51 heavy (non-hydrogen) atoms. The summed E-state index contributed by atoms with van der Waals surface area (Å²) in [7, 11) is 0. The van der Waals surface area contributed by atoms with Crippen molar-refractivity contribution in [3.63, 3.8) is 0 Å². The molecule has 0 saturated heterocycles. The van der Waals surface area contributed by atoms with Crippen LogP contribution in [0.4, 0.5) is 0 Å². The SMILES string of the molecule is c1ccc(-c2cc(-c3cccc4oc5ccccc5c34)nc(-c3cccc4c3oc3c4ccc4c3c3ccccc3n4-c3ccccc3)n2)cc1. The summed E-state index contributed by atoms with van der Waals surface area (Å²) in [6.07, 6.45) is 0. The van der Waals surface area contributed by atoms with Crippen molar-refractivity contribution in [2.45, 2.75) is 0 Å². The van der Waals surface area contributed by atoms with E-state index in [1.165, 1.54) is 0 Å². The lowest BCUT2D eigenvalue weighted by Crippen LogP contribution is -1.96. The van der Waals surface area contributed by atoms with Crippen molar-refractivity contribution in [2.75, 3.05) is 0 Å². The average molecular weight is 654 g/mol. The van der Waals surface area contributed by atoms with Crippen LogP contribution >= 0.6 is 0 Å². The van der Waals surface area contributed by atoms with Gasteiger partial charge in [-0.15, -0.1) is 0 Å². The van der Waals surface area contributed by atoms with Crippen LogP contribution < -0.4 is 0 Å². The zero-order valence-corrected chi connectivity index (χ0v) is 27.2. The van der Waals surface area contributed by atoms with Crippen LogP contribution in [0.2, 0.25) is 0 Å². The maximum absolute atomic E-state index is 7.01. The number of hydrogen-bond acceptors (Lipinski definition) is 4. The Hall–Kier alpha value is -6.98. The standard InChI is InChI=1S/C46H27N3O2/c1-3-13-28(14-4-1)36-27-37(32-20-12-24-41-42(32)34-18-8-10-23-40(34)50-41)48-46(47-36)35-21-11-19-30-31-25-26-39-43(45(31)51-44(30)35)33-17-7-9-22-38(33)49(39)29-15-5-2-6-16-29/h1-27H. The minimum absolute atomic E-state index is 0.601. The fourth-order valence-electron chi connectivity index (χ4n) is 7.79. The van der Waals surface area contributed by atoms with Gasteiger partial charge >= 0.3 is 0 Å². The predicted molar refractivity (Wildman–Crippen MR) is 207 cm³/mol. The predicted octanol–water partition coefficient (Wildman–Crippen LogP) is 12.4. The molecule has 0 saturated carbocycles. The van der Waals surface area contributed by atoms with Crippen LogP contribution in [0.5, 0.6) is 0 Å². The van der Waals surface area contributed by atoms with Gasteiger partial charge in [-0.1, -0.05) is 109 Å². The normalized spacial score (nSPS) is 11.9. The molecule has 0 atom stereocenters. The van der Waals surface area contributed by atoms with Crippen molar-refractivity contribution in [3.8, 4) is 39.6 Å². The first-order valence-corrected chi connectivity index (χ1v) is 17.1. The van der Waals surface area contributed by atoms with Gasteiger partial charge in [0, 0.05) is 43.7 Å². The van der Waals surface area contributed by atoms with Gasteiger partial charge in [0.25, 0.3) is 0 Å². The summed E-state index contributed by atoms with van der Waals surface area (Å²) in [6, 6.07) is 56.4. The molecule has 0 aliphatic rings. The Morgan fingerprint density at radius 1 is 0.412 bits per heavy atom. The molecular weight excluding hydrogens is 627 g/mol. The summed E-state index contributed by atoms with van der Waals surface area (Å²) in [5.41, 5.74) is 11.1. The molecule has 11 rings (SSSR count). The second-order valence-corrected chi connectivity index (χ2v) is 12.9. The number of aromatic nitrogens is 3. The Morgan fingerprint density at radius 2 is 1.08 bits per heavy atom. The van der Waals surface area contributed by atoms with E-state index < -0.39 is 0 Å². The Kier molecular flexibility index (Phi) is 5.89. The van der Waals surface area contributed by atoms with E-state index in [9.17, 15) is 0 Å². The van der Waals surface area contributed by atoms with Crippen LogP contribution in [-0.2, 0) is 0 Å². The fraction of sp³-hybridized carbons (Fsp3) is 0. The largest absolute Gasteiger partial charge is 0.456 e. The molecule has 0 unspecified atom stereocenters. The lowest BCUT2D eigenvalue weighted by molar-refractivity contribution is 0.669. The van der Waals surface area contributed by atoms with Gasteiger partial charge in [-0.3, -0.25) is 0 Å². The highest BCUT2D eigenvalue weighted by Crippen LogP contribution is 2.43. The van der Waals surface area contributed by atoms with Crippen LogP contribution in [0.1, 0.15) is 0 Å². The van der Waals surface area contributed by atoms with Crippen molar-refractivity contribution < 1.29 is 8.83 Å². The van der Waals surface area contributed by atoms with E-state index in [-0.39, 0.29) is 0 Å². The Balaban J connectivity index is 1.20. The summed E-state index contributed by atoms with van der Waals surface area (Å²) in [5.74, 6) is 0.601. The van der Waals surface area contributed by atoms with Gasteiger partial charge in [-0.05, 0) is 54.6 Å².